The van der Waals surface area contributed by atoms with E-state index in [-0.39, 0.29) is 0 Å². The van der Waals surface area contributed by atoms with Gasteiger partial charge in [0.05, 0.1) is 12.1 Å². The van der Waals surface area contributed by atoms with Crippen molar-refractivity contribution in [2.24, 2.45) is 5.73 Å². The average molecular weight is 230 g/mol. The standard InChI is InChI=1S/C9H18N4O3/c1-4-11-9(16)13-8(15)6(3)12-5(2)7(10)14/h5-6,12H,4H2,1-3H3,(H2,10,14)(H2,11,13,15,16). The smallest absolute Gasteiger partial charge is 0.321 e. The summed E-state index contributed by atoms with van der Waals surface area (Å²) in [7, 11) is 0. The van der Waals surface area contributed by atoms with Crippen molar-refractivity contribution in [1.82, 2.24) is 16.0 Å². The Morgan fingerprint density at radius 2 is 1.75 bits per heavy atom. The molecule has 7 nitrogen and oxygen atoms in total. The molecule has 92 valence electrons. The maximum Gasteiger partial charge on any atom is 0.321 e. The molecular weight excluding hydrogens is 212 g/mol. The van der Waals surface area contributed by atoms with Crippen LogP contribution in [0, 0.1) is 0 Å². The third-order valence-corrected chi connectivity index (χ3v) is 1.89. The molecule has 0 fully saturated rings. The topological polar surface area (TPSA) is 113 Å². The highest BCUT2D eigenvalue weighted by Crippen LogP contribution is 1.87. The zero-order valence-corrected chi connectivity index (χ0v) is 9.66. The number of hydrogen-bond donors (Lipinski definition) is 4. The van der Waals surface area contributed by atoms with Crippen molar-refractivity contribution in [3.63, 3.8) is 0 Å². The summed E-state index contributed by atoms with van der Waals surface area (Å²) in [5, 5.41) is 7.20. The molecule has 0 heterocycles. The number of carbonyl (C=O) groups excluding carboxylic acids is 3. The summed E-state index contributed by atoms with van der Waals surface area (Å²) in [5.41, 5.74) is 5.02. The molecule has 2 unspecified atom stereocenters. The molecule has 0 aliphatic heterocycles. The predicted octanol–water partition coefficient (Wildman–Crippen LogP) is -1.32. The van der Waals surface area contributed by atoms with Gasteiger partial charge in [0.2, 0.25) is 11.8 Å². The van der Waals surface area contributed by atoms with Crippen molar-refractivity contribution >= 4 is 17.8 Å². The van der Waals surface area contributed by atoms with Crippen molar-refractivity contribution in [2.45, 2.75) is 32.9 Å². The molecule has 5 N–H and O–H groups in total. The van der Waals surface area contributed by atoms with Crippen LogP contribution in [0.25, 0.3) is 0 Å². The van der Waals surface area contributed by atoms with Gasteiger partial charge in [-0.15, -0.1) is 0 Å². The summed E-state index contributed by atoms with van der Waals surface area (Å²) >= 11 is 0. The first kappa shape index (κ1) is 14.4. The van der Waals surface area contributed by atoms with Crippen molar-refractivity contribution in [1.29, 1.82) is 0 Å². The number of carbonyl (C=O) groups is 3. The Bertz CT molecular complexity index is 280. The van der Waals surface area contributed by atoms with E-state index >= 15 is 0 Å². The zero-order chi connectivity index (χ0) is 12.7. The highest BCUT2D eigenvalue weighted by Gasteiger charge is 2.19. The number of imide groups is 1. The largest absolute Gasteiger partial charge is 0.368 e. The molecule has 7 heteroatoms. The number of nitrogens with one attached hydrogen (secondary N) is 3. The molecule has 0 aliphatic carbocycles. The van der Waals surface area contributed by atoms with Crippen LogP contribution in [0.15, 0.2) is 0 Å². The van der Waals surface area contributed by atoms with E-state index in [1.165, 1.54) is 13.8 Å². The number of nitrogens with two attached hydrogens (primary N) is 1. The van der Waals surface area contributed by atoms with E-state index in [4.69, 9.17) is 5.73 Å². The van der Waals surface area contributed by atoms with Gasteiger partial charge in [-0.1, -0.05) is 0 Å². The van der Waals surface area contributed by atoms with Crippen molar-refractivity contribution in [2.75, 3.05) is 6.54 Å². The van der Waals surface area contributed by atoms with Crippen molar-refractivity contribution < 1.29 is 14.4 Å². The molecule has 0 spiro atoms. The fourth-order valence-corrected chi connectivity index (χ4v) is 0.958. The third kappa shape index (κ3) is 5.30. The molecule has 0 aromatic carbocycles. The number of primary amides is 1. The minimum absolute atomic E-state index is 0.429. The molecule has 0 saturated heterocycles. The summed E-state index contributed by atoms with van der Waals surface area (Å²) in [6, 6.07) is -1.87. The van der Waals surface area contributed by atoms with Gasteiger partial charge in [0.15, 0.2) is 0 Å². The third-order valence-electron chi connectivity index (χ3n) is 1.89. The summed E-state index contributed by atoms with van der Waals surface area (Å²) in [6.07, 6.45) is 0. The van der Waals surface area contributed by atoms with Crippen LogP contribution in [0.1, 0.15) is 20.8 Å². The first-order valence-electron chi connectivity index (χ1n) is 5.02. The Morgan fingerprint density at radius 3 is 2.19 bits per heavy atom. The lowest BCUT2D eigenvalue weighted by Gasteiger charge is -2.16. The molecule has 4 amide bonds. The van der Waals surface area contributed by atoms with Gasteiger partial charge in [0.1, 0.15) is 0 Å². The second-order valence-electron chi connectivity index (χ2n) is 3.36. The lowest BCUT2D eigenvalue weighted by atomic mass is 10.2. The van der Waals surface area contributed by atoms with Gasteiger partial charge >= 0.3 is 6.03 Å². The molecule has 0 saturated carbocycles. The van der Waals surface area contributed by atoms with Crippen molar-refractivity contribution in [3.8, 4) is 0 Å². The van der Waals surface area contributed by atoms with Gasteiger partial charge in [0.25, 0.3) is 0 Å². The minimum atomic E-state index is -0.676. The van der Waals surface area contributed by atoms with Gasteiger partial charge in [0, 0.05) is 6.54 Å². The van der Waals surface area contributed by atoms with Crippen LogP contribution in [-0.2, 0) is 9.59 Å². The molecule has 0 radical (unpaired) electrons. The number of hydrogen-bond acceptors (Lipinski definition) is 4. The molecule has 0 bridgehead atoms. The van der Waals surface area contributed by atoms with Crippen LogP contribution in [0.5, 0.6) is 0 Å². The van der Waals surface area contributed by atoms with Crippen LogP contribution >= 0.6 is 0 Å². The van der Waals surface area contributed by atoms with E-state index in [1.807, 2.05) is 0 Å². The monoisotopic (exact) mass is 230 g/mol. The Kier molecular flexibility index (Phi) is 6.09. The Hall–Kier alpha value is -1.63. The van der Waals surface area contributed by atoms with Crippen LogP contribution in [-0.4, -0.2) is 36.5 Å². The molecule has 0 aromatic heterocycles. The second-order valence-corrected chi connectivity index (χ2v) is 3.36. The Labute approximate surface area is 94.1 Å². The van der Waals surface area contributed by atoms with Gasteiger partial charge < -0.3 is 11.1 Å². The first-order valence-corrected chi connectivity index (χ1v) is 5.02. The molecule has 16 heavy (non-hydrogen) atoms. The fraction of sp³-hybridized carbons (Fsp3) is 0.667. The lowest BCUT2D eigenvalue weighted by molar-refractivity contribution is -0.123. The number of urea groups is 1. The zero-order valence-electron chi connectivity index (χ0n) is 9.66. The summed E-state index contributed by atoms with van der Waals surface area (Å²) < 4.78 is 0. The fourth-order valence-electron chi connectivity index (χ4n) is 0.958. The molecule has 0 aliphatic rings. The van der Waals surface area contributed by atoms with Crippen LogP contribution in [0.2, 0.25) is 0 Å². The average Bonchev–Trinajstić information content (AvgIpc) is 2.17. The first-order chi connectivity index (χ1) is 7.38. The van der Waals surface area contributed by atoms with Gasteiger partial charge in [-0.05, 0) is 20.8 Å². The normalized spacial score (nSPS) is 13.7. The maximum absolute atomic E-state index is 11.4. The van der Waals surface area contributed by atoms with Crippen LogP contribution in [0.4, 0.5) is 4.79 Å². The van der Waals surface area contributed by atoms with Gasteiger partial charge in [-0.2, -0.15) is 0 Å². The summed E-state index contributed by atoms with van der Waals surface area (Å²) in [6.45, 7) is 5.24. The van der Waals surface area contributed by atoms with E-state index in [0.29, 0.717) is 6.54 Å². The predicted molar refractivity (Wildman–Crippen MR) is 58.5 cm³/mol. The Balaban J connectivity index is 4.08. The van der Waals surface area contributed by atoms with E-state index in [2.05, 4.69) is 16.0 Å². The molecule has 0 aromatic rings. The number of rotatable bonds is 5. The van der Waals surface area contributed by atoms with E-state index in [0.717, 1.165) is 0 Å². The lowest BCUT2D eigenvalue weighted by Crippen LogP contribution is -2.52. The van der Waals surface area contributed by atoms with Gasteiger partial charge in [-0.3, -0.25) is 20.2 Å². The quantitative estimate of drug-likeness (QED) is 0.469. The number of amides is 4. The van der Waals surface area contributed by atoms with Crippen LogP contribution < -0.4 is 21.7 Å². The van der Waals surface area contributed by atoms with Crippen LogP contribution in [0.3, 0.4) is 0 Å². The maximum atomic E-state index is 11.4. The van der Waals surface area contributed by atoms with E-state index in [1.54, 1.807) is 6.92 Å². The summed E-state index contributed by atoms with van der Waals surface area (Å²) in [4.78, 5) is 33.1. The minimum Gasteiger partial charge on any atom is -0.368 e. The molecular formula is C9H18N4O3. The Morgan fingerprint density at radius 1 is 1.19 bits per heavy atom. The highest BCUT2D eigenvalue weighted by molar-refractivity contribution is 5.97. The molecule has 0 rings (SSSR count). The SMILES string of the molecule is CCNC(=O)NC(=O)C(C)NC(C)C(N)=O. The van der Waals surface area contributed by atoms with Gasteiger partial charge in [-0.25, -0.2) is 4.79 Å². The highest BCUT2D eigenvalue weighted by atomic mass is 16.2. The molecule has 2 atom stereocenters. The van der Waals surface area contributed by atoms with Crippen molar-refractivity contribution in [3.05, 3.63) is 0 Å². The van der Waals surface area contributed by atoms with E-state index < -0.39 is 29.9 Å². The van der Waals surface area contributed by atoms with E-state index in [9.17, 15) is 14.4 Å². The summed E-state index contributed by atoms with van der Waals surface area (Å²) in [5.74, 6) is -1.07. The second kappa shape index (κ2) is 6.78.